The van der Waals surface area contributed by atoms with E-state index in [2.05, 4.69) is 10.0 Å². The van der Waals surface area contributed by atoms with E-state index in [1.165, 1.54) is 16.0 Å². The minimum absolute atomic E-state index is 0.153. The fourth-order valence-corrected chi connectivity index (χ4v) is 3.57. The van der Waals surface area contributed by atoms with E-state index in [4.69, 9.17) is 4.74 Å². The van der Waals surface area contributed by atoms with Gasteiger partial charge in [-0.15, -0.1) is 0 Å². The number of aryl methyl sites for hydroxylation is 1. The molecule has 1 aromatic heterocycles. The number of hydrogen-bond acceptors (Lipinski definition) is 4. The average Bonchev–Trinajstić information content (AvgIpc) is 2.73. The number of nitrogens with one attached hydrogen (secondary N) is 2. The first-order valence-electron chi connectivity index (χ1n) is 9.28. The minimum atomic E-state index is -1.44. The molecule has 3 aromatic rings. The molecular weight excluding hydrogens is 424 g/mol. The van der Waals surface area contributed by atoms with Crippen molar-refractivity contribution in [1.29, 1.82) is 0 Å². The first-order chi connectivity index (χ1) is 14.8. The second kappa shape index (κ2) is 9.57. The van der Waals surface area contributed by atoms with Crippen LogP contribution in [-0.2, 0) is 18.0 Å². The average molecular weight is 445 g/mol. The Hall–Kier alpha value is -3.46. The van der Waals surface area contributed by atoms with Crippen molar-refractivity contribution in [2.24, 2.45) is 7.05 Å². The van der Waals surface area contributed by atoms with Crippen molar-refractivity contribution in [2.75, 3.05) is 17.1 Å². The second-order valence-corrected chi connectivity index (χ2v) is 7.64. The maximum atomic E-state index is 14.2. The number of aromatic nitrogens is 1. The fraction of sp³-hybridized carbons (Fsp3) is 0.136. The van der Waals surface area contributed by atoms with Crippen molar-refractivity contribution in [3.8, 4) is 22.6 Å². The molecule has 0 saturated heterocycles. The number of allylic oxidation sites excluding steroid dienone is 1. The van der Waals surface area contributed by atoms with Crippen LogP contribution in [0.5, 0.6) is 11.5 Å². The Morgan fingerprint density at radius 1 is 1.10 bits per heavy atom. The third kappa shape index (κ3) is 5.18. The quantitative estimate of drug-likeness (QED) is 0.549. The zero-order chi connectivity index (χ0) is 22.5. The van der Waals surface area contributed by atoms with E-state index in [0.29, 0.717) is 22.5 Å². The minimum Gasteiger partial charge on any atom is -0.454 e. The smallest absolute Gasteiger partial charge is 0.273 e. The number of nitrogens with zero attached hydrogens (tertiary/aromatic N) is 1. The Balaban J connectivity index is 2.13. The molecule has 0 radical (unpaired) electrons. The maximum Gasteiger partial charge on any atom is 0.273 e. The lowest BCUT2D eigenvalue weighted by molar-refractivity contribution is 0.439. The normalized spacial score (nSPS) is 12.0. The summed E-state index contributed by atoms with van der Waals surface area (Å²) in [7, 11) is 1.79. The second-order valence-electron chi connectivity index (χ2n) is 6.57. The van der Waals surface area contributed by atoms with Gasteiger partial charge in [-0.1, -0.05) is 6.08 Å². The largest absolute Gasteiger partial charge is 0.454 e. The Morgan fingerprint density at radius 3 is 2.52 bits per heavy atom. The molecule has 0 aliphatic rings. The van der Waals surface area contributed by atoms with Crippen LogP contribution in [0.3, 0.4) is 0 Å². The number of pyridine rings is 1. The number of halogens is 2. The number of anilines is 2. The first-order valence-corrected chi connectivity index (χ1v) is 10.5. The van der Waals surface area contributed by atoms with E-state index in [0.717, 1.165) is 12.1 Å². The van der Waals surface area contributed by atoms with Crippen LogP contribution in [-0.4, -0.2) is 15.8 Å². The lowest BCUT2D eigenvalue weighted by Crippen LogP contribution is -2.19. The van der Waals surface area contributed by atoms with E-state index in [1.54, 1.807) is 57.6 Å². The summed E-state index contributed by atoms with van der Waals surface area (Å²) < 4.78 is 49.4. The Labute approximate surface area is 180 Å². The molecule has 2 aromatic carbocycles. The summed E-state index contributed by atoms with van der Waals surface area (Å²) >= 11 is 0. The Morgan fingerprint density at radius 2 is 1.84 bits per heavy atom. The molecule has 0 spiro atoms. The van der Waals surface area contributed by atoms with Gasteiger partial charge < -0.3 is 19.3 Å². The van der Waals surface area contributed by atoms with Crippen LogP contribution in [0.2, 0.25) is 0 Å². The van der Waals surface area contributed by atoms with Gasteiger partial charge in [-0.05, 0) is 43.3 Å². The van der Waals surface area contributed by atoms with E-state index in [1.807, 2.05) is 0 Å². The van der Waals surface area contributed by atoms with Crippen molar-refractivity contribution < 1.29 is 17.7 Å². The van der Waals surface area contributed by atoms with Gasteiger partial charge in [0.1, 0.15) is 28.2 Å². The van der Waals surface area contributed by atoms with Crippen LogP contribution in [0.25, 0.3) is 11.1 Å². The first kappa shape index (κ1) is 22.2. The van der Waals surface area contributed by atoms with E-state index < -0.39 is 22.6 Å². The van der Waals surface area contributed by atoms with Crippen LogP contribution >= 0.6 is 0 Å². The summed E-state index contributed by atoms with van der Waals surface area (Å²) in [5.74, 6) is -1.44. The highest BCUT2D eigenvalue weighted by Gasteiger charge is 2.15. The molecule has 0 saturated carbocycles. The molecule has 0 bridgehead atoms. The summed E-state index contributed by atoms with van der Waals surface area (Å²) in [5.41, 5.74) is 1.78. The zero-order valence-electron chi connectivity index (χ0n) is 17.1. The van der Waals surface area contributed by atoms with Gasteiger partial charge in [0.2, 0.25) is 0 Å². The highest BCUT2D eigenvalue weighted by atomic mass is 32.2. The highest BCUT2D eigenvalue weighted by molar-refractivity contribution is 7.89. The predicted molar refractivity (Wildman–Crippen MR) is 120 cm³/mol. The van der Waals surface area contributed by atoms with E-state index in [-0.39, 0.29) is 17.1 Å². The summed E-state index contributed by atoms with van der Waals surface area (Å²) in [4.78, 5) is 12.2. The lowest BCUT2D eigenvalue weighted by atomic mass is 10.0. The van der Waals surface area contributed by atoms with Gasteiger partial charge >= 0.3 is 0 Å². The molecule has 31 heavy (non-hydrogen) atoms. The third-order valence-corrected chi connectivity index (χ3v) is 5.29. The van der Waals surface area contributed by atoms with Crippen molar-refractivity contribution in [2.45, 2.75) is 6.92 Å². The van der Waals surface area contributed by atoms with E-state index in [9.17, 15) is 17.8 Å². The van der Waals surface area contributed by atoms with Gasteiger partial charge in [-0.25, -0.2) is 13.0 Å². The molecule has 0 amide bonds. The molecule has 9 heteroatoms. The van der Waals surface area contributed by atoms with Crippen LogP contribution in [0.4, 0.5) is 20.2 Å². The van der Waals surface area contributed by atoms with Gasteiger partial charge in [-0.2, -0.15) is 0 Å². The summed E-state index contributed by atoms with van der Waals surface area (Å²) in [5, 5.41) is 4.33. The third-order valence-electron chi connectivity index (χ3n) is 4.34. The molecule has 0 fully saturated rings. The fourth-order valence-electron chi connectivity index (χ4n) is 2.90. The highest BCUT2D eigenvalue weighted by Crippen LogP contribution is 2.37. The molecule has 1 unspecified atom stereocenters. The molecule has 1 heterocycles. The topological polar surface area (TPSA) is 72.4 Å². The SMILES string of the molecule is C/C=C/S(=O)Nc1ccc(Oc2ccc(F)cc2F)c(-c2cc(NC)c(=O)n(C)c2)c1. The number of rotatable bonds is 7. The Kier molecular flexibility index (Phi) is 6.86. The van der Waals surface area contributed by atoms with Crippen molar-refractivity contribution in [1.82, 2.24) is 4.57 Å². The number of ether oxygens (including phenoxy) is 1. The van der Waals surface area contributed by atoms with Gasteiger partial charge in [0.05, 0.1) is 0 Å². The van der Waals surface area contributed by atoms with Crippen molar-refractivity contribution in [3.05, 3.63) is 82.1 Å². The van der Waals surface area contributed by atoms with Gasteiger partial charge in [-0.3, -0.25) is 4.79 Å². The molecular formula is C22H21F2N3O3S. The van der Waals surface area contributed by atoms with Gasteiger partial charge in [0, 0.05) is 48.6 Å². The van der Waals surface area contributed by atoms with Crippen LogP contribution in [0.1, 0.15) is 6.92 Å². The van der Waals surface area contributed by atoms with Gasteiger partial charge in [0.15, 0.2) is 11.6 Å². The number of benzene rings is 2. The zero-order valence-corrected chi connectivity index (χ0v) is 17.9. The van der Waals surface area contributed by atoms with Crippen molar-refractivity contribution >= 4 is 22.4 Å². The molecule has 162 valence electrons. The van der Waals surface area contributed by atoms with Crippen LogP contribution in [0.15, 0.2) is 64.9 Å². The van der Waals surface area contributed by atoms with Crippen molar-refractivity contribution in [3.63, 3.8) is 0 Å². The summed E-state index contributed by atoms with van der Waals surface area (Å²) in [6, 6.07) is 9.55. The molecule has 0 aliphatic carbocycles. The van der Waals surface area contributed by atoms with Gasteiger partial charge in [0.25, 0.3) is 5.56 Å². The lowest BCUT2D eigenvalue weighted by Gasteiger charge is -2.15. The van der Waals surface area contributed by atoms with Crippen LogP contribution < -0.4 is 20.3 Å². The molecule has 2 N–H and O–H groups in total. The number of hydrogen-bond donors (Lipinski definition) is 2. The van der Waals surface area contributed by atoms with Crippen LogP contribution in [0, 0.1) is 11.6 Å². The molecule has 0 aliphatic heterocycles. The monoisotopic (exact) mass is 445 g/mol. The predicted octanol–water partition coefficient (Wildman–Crippen LogP) is 4.77. The molecule has 6 nitrogen and oxygen atoms in total. The molecule has 3 rings (SSSR count). The molecule has 1 atom stereocenters. The standard InChI is InChI=1S/C22H21F2N3O3S/c1-4-9-31(29)26-16-6-8-20(30-21-7-5-15(23)11-18(21)24)17(12-16)14-10-19(25-2)22(28)27(3)13-14/h4-13,25-26H,1-3H3/b9-4+. The summed E-state index contributed by atoms with van der Waals surface area (Å²) in [6.07, 6.45) is 3.27. The Bertz CT molecular complexity index is 1230. The summed E-state index contributed by atoms with van der Waals surface area (Å²) in [6.45, 7) is 1.75. The maximum absolute atomic E-state index is 14.2. The van der Waals surface area contributed by atoms with E-state index >= 15 is 0 Å².